The number of nitrogens with one attached hydrogen (secondary N) is 1. The van der Waals surface area contributed by atoms with E-state index >= 15 is 0 Å². The maximum absolute atomic E-state index is 12.3. The van der Waals surface area contributed by atoms with Crippen LogP contribution in [0.25, 0.3) is 0 Å². The zero-order chi connectivity index (χ0) is 22.5. The first-order valence-electron chi connectivity index (χ1n) is 10.0. The lowest BCUT2D eigenvalue weighted by molar-refractivity contribution is -0.152. The summed E-state index contributed by atoms with van der Waals surface area (Å²) in [6, 6.07) is 5.50. The van der Waals surface area contributed by atoms with Crippen molar-refractivity contribution in [2.75, 3.05) is 13.2 Å². The number of carbonyl (C=O) groups is 3. The lowest BCUT2D eigenvalue weighted by atomic mass is 10.0. The van der Waals surface area contributed by atoms with Gasteiger partial charge in [-0.05, 0) is 36.6 Å². The molecular formula is C22H23Cl2N3O4. The summed E-state index contributed by atoms with van der Waals surface area (Å²) in [6.45, 7) is 4.70. The van der Waals surface area contributed by atoms with Crippen molar-refractivity contribution in [1.29, 1.82) is 0 Å². The van der Waals surface area contributed by atoms with Gasteiger partial charge < -0.3 is 10.1 Å². The average molecular weight is 464 g/mol. The van der Waals surface area contributed by atoms with Crippen molar-refractivity contribution in [2.45, 2.75) is 39.7 Å². The molecule has 164 valence electrons. The van der Waals surface area contributed by atoms with E-state index in [2.05, 4.69) is 23.9 Å². The third kappa shape index (κ3) is 5.54. The molecule has 1 aromatic heterocycles. The van der Waals surface area contributed by atoms with Crippen molar-refractivity contribution >= 4 is 40.9 Å². The molecule has 0 atom stereocenters. The van der Waals surface area contributed by atoms with E-state index in [1.165, 1.54) is 0 Å². The summed E-state index contributed by atoms with van der Waals surface area (Å²) in [4.78, 5) is 34.7. The van der Waals surface area contributed by atoms with Crippen LogP contribution in [0.15, 0.2) is 29.8 Å². The molecule has 0 unspecified atom stereocenters. The Morgan fingerprint density at radius 1 is 1.16 bits per heavy atom. The van der Waals surface area contributed by atoms with Crippen LogP contribution in [-0.2, 0) is 44.9 Å². The number of hydrogen-bond acceptors (Lipinski definition) is 5. The van der Waals surface area contributed by atoms with Gasteiger partial charge in [-0.25, -0.2) is 4.79 Å². The van der Waals surface area contributed by atoms with Gasteiger partial charge in [0.05, 0.1) is 17.8 Å². The summed E-state index contributed by atoms with van der Waals surface area (Å²) in [5.74, 6) is -2.20. The molecule has 9 heteroatoms. The summed E-state index contributed by atoms with van der Waals surface area (Å²) in [6.07, 6.45) is 3.24. The zero-order valence-corrected chi connectivity index (χ0v) is 18.8. The van der Waals surface area contributed by atoms with Crippen molar-refractivity contribution in [3.8, 4) is 0 Å². The molecule has 0 radical (unpaired) electrons. The van der Waals surface area contributed by atoms with Crippen molar-refractivity contribution in [1.82, 2.24) is 15.1 Å². The Morgan fingerprint density at radius 3 is 2.48 bits per heavy atom. The normalized spacial score (nSPS) is 13.7. The predicted octanol–water partition coefficient (Wildman–Crippen LogP) is 3.07. The first-order chi connectivity index (χ1) is 14.8. The smallest absolute Gasteiger partial charge is 0.379 e. The maximum atomic E-state index is 12.3. The number of ketones is 1. The van der Waals surface area contributed by atoms with Crippen LogP contribution in [0.4, 0.5) is 0 Å². The number of hydrogen-bond donors (Lipinski definition) is 1. The minimum Gasteiger partial charge on any atom is -0.455 e. The third-order valence-corrected chi connectivity index (χ3v) is 5.43. The van der Waals surface area contributed by atoms with E-state index in [1.54, 1.807) is 6.07 Å². The van der Waals surface area contributed by atoms with Gasteiger partial charge in [0.2, 0.25) is 0 Å². The summed E-state index contributed by atoms with van der Waals surface area (Å²) in [5.41, 5.74) is 4.36. The molecule has 1 amide bonds. The van der Waals surface area contributed by atoms with Crippen LogP contribution in [0.5, 0.6) is 0 Å². The first kappa shape index (κ1) is 23.0. The molecule has 0 aliphatic carbocycles. The highest BCUT2D eigenvalue weighted by atomic mass is 35.5. The molecule has 1 aliphatic rings. The van der Waals surface area contributed by atoms with Crippen LogP contribution in [-0.4, -0.2) is 40.6 Å². The number of benzene rings is 1. The topological polar surface area (TPSA) is 90.3 Å². The molecule has 31 heavy (non-hydrogen) atoms. The Hall–Kier alpha value is -2.64. The summed E-state index contributed by atoms with van der Waals surface area (Å²) < 4.78 is 6.58. The Kier molecular flexibility index (Phi) is 7.51. The Labute approximate surface area is 190 Å². The van der Waals surface area contributed by atoms with E-state index in [-0.39, 0.29) is 12.2 Å². The number of halogens is 2. The first-order valence-corrected chi connectivity index (χ1v) is 10.8. The molecule has 1 aromatic carbocycles. The van der Waals surface area contributed by atoms with E-state index in [4.69, 9.17) is 28.3 Å². The molecule has 0 saturated heterocycles. The molecule has 0 fully saturated rings. The van der Waals surface area contributed by atoms with Crippen LogP contribution >= 0.6 is 23.2 Å². The van der Waals surface area contributed by atoms with Crippen molar-refractivity contribution < 1.29 is 19.1 Å². The second-order valence-electron chi connectivity index (χ2n) is 7.12. The highest BCUT2D eigenvalue weighted by Crippen LogP contribution is 2.25. The largest absolute Gasteiger partial charge is 0.455 e. The van der Waals surface area contributed by atoms with Crippen LogP contribution in [0, 0.1) is 0 Å². The number of nitrogens with zero attached hydrogens (tertiary/aromatic N) is 2. The number of carbonyl (C=O) groups excluding carboxylic acids is 3. The van der Waals surface area contributed by atoms with Crippen LogP contribution in [0.1, 0.15) is 36.4 Å². The van der Waals surface area contributed by atoms with Gasteiger partial charge in [-0.2, -0.15) is 5.10 Å². The number of ether oxygens (including phenoxy) is 1. The summed E-state index contributed by atoms with van der Waals surface area (Å²) in [5, 5.41) is 8.67. The van der Waals surface area contributed by atoms with E-state index in [1.807, 2.05) is 16.8 Å². The van der Waals surface area contributed by atoms with Gasteiger partial charge in [0, 0.05) is 40.3 Å². The molecule has 1 N–H and O–H groups in total. The highest BCUT2D eigenvalue weighted by molar-refractivity contribution is 6.40. The second-order valence-corrected chi connectivity index (χ2v) is 8.00. The van der Waals surface area contributed by atoms with E-state index < -0.39 is 17.7 Å². The fraction of sp³-hybridized carbons (Fsp3) is 0.364. The standard InChI is InChI=1S/C22H23Cl2N3O4/c1-3-18-17(9-13-7-15(23)11-16(24)8-13)19(4-2)27(26-18)6-5-25-21(29)14-10-20(28)22(30)31-12-14/h7-8,10-11H,3-6,9,12H2,1-2H3,(H,25,29). The number of rotatable bonds is 8. The van der Waals surface area contributed by atoms with Crippen LogP contribution in [0.2, 0.25) is 10.0 Å². The Bertz CT molecular complexity index is 1040. The van der Waals surface area contributed by atoms with Gasteiger partial charge in [0.15, 0.2) is 0 Å². The fourth-order valence-electron chi connectivity index (χ4n) is 3.57. The molecule has 0 saturated carbocycles. The minimum absolute atomic E-state index is 0.133. The van der Waals surface area contributed by atoms with E-state index in [9.17, 15) is 14.4 Å². The van der Waals surface area contributed by atoms with Gasteiger partial charge >= 0.3 is 5.97 Å². The molecule has 1 aliphatic heterocycles. The average Bonchev–Trinajstić information content (AvgIpc) is 3.05. The predicted molar refractivity (Wildman–Crippen MR) is 117 cm³/mol. The summed E-state index contributed by atoms with van der Waals surface area (Å²) >= 11 is 12.3. The van der Waals surface area contributed by atoms with Crippen molar-refractivity contribution in [3.63, 3.8) is 0 Å². The molecule has 2 aromatic rings. The number of cyclic esters (lactones) is 1. The fourth-order valence-corrected chi connectivity index (χ4v) is 4.14. The van der Waals surface area contributed by atoms with Gasteiger partial charge in [-0.3, -0.25) is 14.3 Å². The number of esters is 1. The zero-order valence-electron chi connectivity index (χ0n) is 17.3. The van der Waals surface area contributed by atoms with Crippen molar-refractivity contribution in [2.24, 2.45) is 0 Å². The number of aryl methyl sites for hydroxylation is 1. The summed E-state index contributed by atoms with van der Waals surface area (Å²) in [7, 11) is 0. The Balaban J connectivity index is 1.72. The SMILES string of the molecule is CCc1nn(CCNC(=O)C2=CC(=O)C(=O)OC2)c(CC)c1Cc1cc(Cl)cc(Cl)c1. The number of aromatic nitrogens is 2. The molecule has 7 nitrogen and oxygen atoms in total. The van der Waals surface area contributed by atoms with Crippen LogP contribution < -0.4 is 5.32 Å². The molecular weight excluding hydrogens is 441 g/mol. The van der Waals surface area contributed by atoms with E-state index in [0.717, 1.165) is 41.4 Å². The molecule has 0 bridgehead atoms. The lowest BCUT2D eigenvalue weighted by Crippen LogP contribution is -2.34. The lowest BCUT2D eigenvalue weighted by Gasteiger charge is -2.13. The monoisotopic (exact) mass is 463 g/mol. The maximum Gasteiger partial charge on any atom is 0.379 e. The van der Waals surface area contributed by atoms with Gasteiger partial charge in [0.1, 0.15) is 6.61 Å². The van der Waals surface area contributed by atoms with Gasteiger partial charge in [-0.1, -0.05) is 37.0 Å². The Morgan fingerprint density at radius 2 is 1.87 bits per heavy atom. The van der Waals surface area contributed by atoms with Crippen LogP contribution in [0.3, 0.4) is 0 Å². The third-order valence-electron chi connectivity index (χ3n) is 4.99. The van der Waals surface area contributed by atoms with E-state index in [0.29, 0.717) is 29.6 Å². The molecule has 0 spiro atoms. The van der Waals surface area contributed by atoms with Gasteiger partial charge in [-0.15, -0.1) is 0 Å². The van der Waals surface area contributed by atoms with Gasteiger partial charge in [0.25, 0.3) is 11.7 Å². The highest BCUT2D eigenvalue weighted by Gasteiger charge is 2.24. The number of amides is 1. The quantitative estimate of drug-likeness (QED) is 0.479. The molecule has 2 heterocycles. The van der Waals surface area contributed by atoms with Crippen molar-refractivity contribution in [3.05, 3.63) is 62.4 Å². The molecule has 3 rings (SSSR count). The second kappa shape index (κ2) is 10.1. The minimum atomic E-state index is -0.943.